The van der Waals surface area contributed by atoms with Gasteiger partial charge in [0.1, 0.15) is 0 Å². The predicted octanol–water partition coefficient (Wildman–Crippen LogP) is 5.45. The monoisotopic (exact) mass is 651 g/mol. The smallest absolute Gasteiger partial charge is 0.315 e. The van der Waals surface area contributed by atoms with Crippen molar-refractivity contribution in [3.63, 3.8) is 0 Å². The van der Waals surface area contributed by atoms with Gasteiger partial charge in [-0.2, -0.15) is 0 Å². The maximum absolute atomic E-state index is 12.3. The van der Waals surface area contributed by atoms with Crippen LogP contribution in [0.5, 0.6) is 0 Å². The van der Waals surface area contributed by atoms with Gasteiger partial charge in [-0.3, -0.25) is 15.0 Å². The highest BCUT2D eigenvalue weighted by Crippen LogP contribution is 2.38. The normalized spacial score (nSPS) is 19.9. The molecule has 2 aliphatic rings. The highest BCUT2D eigenvalue weighted by atomic mass is 16.7. The molecule has 0 unspecified atom stereocenters. The number of non-ortho nitro benzene ring substituents is 1. The Kier molecular flexibility index (Phi) is 10.9. The number of aliphatic hydroxyl groups is 1. The molecule has 0 radical (unpaired) electrons. The Labute approximate surface area is 280 Å². The molecule has 2 amide bonds. The third kappa shape index (κ3) is 8.75. The lowest BCUT2D eigenvalue weighted by molar-refractivity contribution is -0.384. The Morgan fingerprint density at radius 3 is 2.00 bits per heavy atom. The average Bonchev–Trinajstić information content (AvgIpc) is 3.14. The molecule has 0 aromatic heterocycles. The molecule has 0 saturated carbocycles. The number of aliphatic hydroxyl groups excluding tert-OH is 1. The molecule has 2 heterocycles. The van der Waals surface area contributed by atoms with Crippen molar-refractivity contribution in [2.75, 3.05) is 37.6 Å². The molecule has 250 valence electrons. The number of urea groups is 1. The molecule has 4 aromatic carbocycles. The first-order chi connectivity index (χ1) is 23.4. The first-order valence-electron chi connectivity index (χ1n) is 16.3. The molecule has 3 N–H and O–H groups in total. The van der Waals surface area contributed by atoms with Crippen molar-refractivity contribution in [1.82, 2.24) is 15.5 Å². The van der Waals surface area contributed by atoms with Gasteiger partial charge in [0.05, 0.1) is 23.7 Å². The standard InChI is InChI=1S/C37H41N5O6/c43-26-29-8-10-30(11-9-29)35-22-34(25-40-18-20-41(21-19-40)32-14-16-33(17-15-32)42(45)46)47-36(48-35)31-12-6-28(7-13-31)24-39-37(44)38-23-27-4-2-1-3-5-27/h1-17,34-36,43H,18-26H2,(H2,38,39,44)/t34-,35+,36+/m1/s1. The largest absolute Gasteiger partial charge is 0.392 e. The Morgan fingerprint density at radius 1 is 0.771 bits per heavy atom. The number of nitro groups is 1. The van der Waals surface area contributed by atoms with Gasteiger partial charge in [0, 0.05) is 75.6 Å². The van der Waals surface area contributed by atoms with Gasteiger partial charge in [0.25, 0.3) is 5.69 Å². The molecular weight excluding hydrogens is 610 g/mol. The Hall–Kier alpha value is -4.81. The van der Waals surface area contributed by atoms with Gasteiger partial charge in [0.15, 0.2) is 6.29 Å². The number of carbonyl (C=O) groups excluding carboxylic acids is 1. The zero-order chi connectivity index (χ0) is 33.3. The van der Waals surface area contributed by atoms with E-state index in [1.807, 2.05) is 91.0 Å². The van der Waals surface area contributed by atoms with Crippen LogP contribution < -0.4 is 15.5 Å². The van der Waals surface area contributed by atoms with Crippen LogP contribution in [0.25, 0.3) is 0 Å². The molecule has 11 heteroatoms. The molecule has 0 aliphatic carbocycles. The fourth-order valence-electron chi connectivity index (χ4n) is 6.11. The van der Waals surface area contributed by atoms with Crippen LogP contribution in [-0.4, -0.2) is 59.8 Å². The third-order valence-electron chi connectivity index (χ3n) is 8.88. The second-order valence-corrected chi connectivity index (χ2v) is 12.2. The summed E-state index contributed by atoms with van der Waals surface area (Å²) >= 11 is 0. The lowest BCUT2D eigenvalue weighted by atomic mass is 9.99. The number of amides is 2. The van der Waals surface area contributed by atoms with E-state index in [0.717, 1.165) is 66.2 Å². The fourth-order valence-corrected chi connectivity index (χ4v) is 6.11. The molecule has 2 fully saturated rings. The number of nitrogens with zero attached hydrogens (tertiary/aromatic N) is 3. The summed E-state index contributed by atoms with van der Waals surface area (Å²) in [5.74, 6) is 0. The van der Waals surface area contributed by atoms with Crippen molar-refractivity contribution in [2.45, 2.75) is 44.6 Å². The SMILES string of the molecule is O=C(NCc1ccccc1)NCc1ccc([C@H]2O[C@@H](CN3CCN(c4ccc([N+](=O)[O-])cc4)CC3)C[C@@H](c3ccc(CO)cc3)O2)cc1. The van der Waals surface area contributed by atoms with Crippen LogP contribution >= 0.6 is 0 Å². The predicted molar refractivity (Wildman–Crippen MR) is 182 cm³/mol. The summed E-state index contributed by atoms with van der Waals surface area (Å²) in [6.07, 6.45) is -0.134. The minimum absolute atomic E-state index is 0.0120. The Bertz CT molecular complexity index is 1630. The quantitative estimate of drug-likeness (QED) is 0.144. The van der Waals surface area contributed by atoms with Crippen LogP contribution in [-0.2, 0) is 29.2 Å². The van der Waals surface area contributed by atoms with E-state index in [0.29, 0.717) is 19.5 Å². The minimum Gasteiger partial charge on any atom is -0.392 e. The van der Waals surface area contributed by atoms with E-state index in [1.54, 1.807) is 12.1 Å². The van der Waals surface area contributed by atoms with Crippen molar-refractivity contribution in [3.8, 4) is 0 Å². The number of hydrogen-bond donors (Lipinski definition) is 3. The van der Waals surface area contributed by atoms with Crippen LogP contribution in [0.15, 0.2) is 103 Å². The highest BCUT2D eigenvalue weighted by Gasteiger charge is 2.34. The van der Waals surface area contributed by atoms with Gasteiger partial charge < -0.3 is 30.1 Å². The summed E-state index contributed by atoms with van der Waals surface area (Å²) < 4.78 is 13.1. The van der Waals surface area contributed by atoms with Gasteiger partial charge >= 0.3 is 6.03 Å². The van der Waals surface area contributed by atoms with Crippen LogP contribution in [0.1, 0.15) is 46.6 Å². The molecule has 0 bridgehead atoms. The maximum atomic E-state index is 12.3. The first kappa shape index (κ1) is 33.1. The summed E-state index contributed by atoms with van der Waals surface area (Å²) in [5.41, 5.74) is 5.87. The molecule has 4 aromatic rings. The van der Waals surface area contributed by atoms with E-state index in [2.05, 4.69) is 20.4 Å². The second kappa shape index (κ2) is 15.9. The van der Waals surface area contributed by atoms with Crippen molar-refractivity contribution in [2.24, 2.45) is 0 Å². The maximum Gasteiger partial charge on any atom is 0.315 e. The minimum atomic E-state index is -0.566. The van der Waals surface area contributed by atoms with Gasteiger partial charge in [-0.05, 0) is 34.4 Å². The number of rotatable bonds is 11. The lowest BCUT2D eigenvalue weighted by Gasteiger charge is -2.41. The summed E-state index contributed by atoms with van der Waals surface area (Å²) in [7, 11) is 0. The molecule has 2 aliphatic heterocycles. The van der Waals surface area contributed by atoms with Crippen LogP contribution in [0.4, 0.5) is 16.2 Å². The summed E-state index contributed by atoms with van der Waals surface area (Å²) in [6.45, 7) is 4.91. The number of nitro benzene ring substituents is 1. The number of piperazine rings is 1. The van der Waals surface area contributed by atoms with Crippen LogP contribution in [0, 0.1) is 10.1 Å². The van der Waals surface area contributed by atoms with E-state index in [-0.39, 0.29) is 35.5 Å². The number of benzene rings is 4. The average molecular weight is 652 g/mol. The Balaban J connectivity index is 1.06. The van der Waals surface area contributed by atoms with Crippen molar-refractivity contribution in [1.29, 1.82) is 0 Å². The van der Waals surface area contributed by atoms with Crippen LogP contribution in [0.2, 0.25) is 0 Å². The summed E-state index contributed by atoms with van der Waals surface area (Å²) in [5, 5.41) is 26.4. The summed E-state index contributed by atoms with van der Waals surface area (Å²) in [6, 6.07) is 32.1. The molecule has 3 atom stereocenters. The van der Waals surface area contributed by atoms with Crippen molar-refractivity contribution >= 4 is 17.4 Å². The van der Waals surface area contributed by atoms with Crippen LogP contribution in [0.3, 0.4) is 0 Å². The molecule has 2 saturated heterocycles. The van der Waals surface area contributed by atoms with Crippen molar-refractivity contribution < 1.29 is 24.3 Å². The number of carbonyl (C=O) groups is 1. The lowest BCUT2D eigenvalue weighted by Crippen LogP contribution is -2.49. The first-order valence-corrected chi connectivity index (χ1v) is 16.3. The Morgan fingerprint density at radius 2 is 1.38 bits per heavy atom. The van der Waals surface area contributed by atoms with Crippen molar-refractivity contribution in [3.05, 3.63) is 141 Å². The molecule has 6 rings (SSSR count). The van der Waals surface area contributed by atoms with Gasteiger partial charge in [-0.25, -0.2) is 4.79 Å². The fraction of sp³-hybridized carbons (Fsp3) is 0.324. The van der Waals surface area contributed by atoms with Gasteiger partial charge in [-0.15, -0.1) is 0 Å². The van der Waals surface area contributed by atoms with Gasteiger partial charge in [0.2, 0.25) is 0 Å². The topological polar surface area (TPSA) is 129 Å². The van der Waals surface area contributed by atoms with E-state index < -0.39 is 6.29 Å². The number of anilines is 1. The summed E-state index contributed by atoms with van der Waals surface area (Å²) in [4.78, 5) is 27.6. The number of hydrogen-bond acceptors (Lipinski definition) is 8. The van der Waals surface area contributed by atoms with E-state index >= 15 is 0 Å². The van der Waals surface area contributed by atoms with E-state index in [4.69, 9.17) is 9.47 Å². The number of nitrogens with one attached hydrogen (secondary N) is 2. The van der Waals surface area contributed by atoms with E-state index in [9.17, 15) is 20.0 Å². The van der Waals surface area contributed by atoms with E-state index in [1.165, 1.54) is 0 Å². The molecule has 11 nitrogen and oxygen atoms in total. The third-order valence-corrected chi connectivity index (χ3v) is 8.88. The number of ether oxygens (including phenoxy) is 2. The molecule has 0 spiro atoms. The molecule has 48 heavy (non-hydrogen) atoms. The zero-order valence-corrected chi connectivity index (χ0v) is 26.7. The molecular formula is C37H41N5O6. The van der Waals surface area contributed by atoms with Gasteiger partial charge in [-0.1, -0.05) is 78.9 Å². The second-order valence-electron chi connectivity index (χ2n) is 12.2. The zero-order valence-electron chi connectivity index (χ0n) is 26.7. The highest BCUT2D eigenvalue weighted by molar-refractivity contribution is 5.73.